The third kappa shape index (κ3) is 3.69. The Balaban J connectivity index is 2.16. The number of hydrogen-bond donors (Lipinski definition) is 3. The van der Waals surface area contributed by atoms with Crippen molar-refractivity contribution >= 4 is 5.97 Å². The van der Waals surface area contributed by atoms with E-state index in [1.807, 2.05) is 0 Å². The van der Waals surface area contributed by atoms with Crippen LogP contribution < -0.4 is 10.6 Å². The van der Waals surface area contributed by atoms with Crippen LogP contribution in [0.1, 0.15) is 19.3 Å². The monoisotopic (exact) mass is 172 g/mol. The van der Waals surface area contributed by atoms with Gasteiger partial charge in [-0.15, -0.1) is 0 Å². The number of rotatable bonds is 3. The zero-order chi connectivity index (χ0) is 8.81. The van der Waals surface area contributed by atoms with Gasteiger partial charge in [0.05, 0.1) is 6.54 Å². The molecule has 1 aliphatic heterocycles. The molecule has 0 aromatic heterocycles. The summed E-state index contributed by atoms with van der Waals surface area (Å²) >= 11 is 0. The third-order valence-corrected chi connectivity index (χ3v) is 2.12. The Morgan fingerprint density at radius 1 is 1.50 bits per heavy atom. The minimum absolute atomic E-state index is 0.0880. The van der Waals surface area contributed by atoms with Crippen molar-refractivity contribution in [1.82, 2.24) is 10.6 Å². The Bertz CT molecular complexity index is 142. The van der Waals surface area contributed by atoms with Crippen LogP contribution in [0.2, 0.25) is 0 Å². The van der Waals surface area contributed by atoms with E-state index in [4.69, 9.17) is 5.11 Å². The Morgan fingerprint density at radius 2 is 2.33 bits per heavy atom. The van der Waals surface area contributed by atoms with Gasteiger partial charge >= 0.3 is 5.97 Å². The molecule has 1 atom stereocenters. The van der Waals surface area contributed by atoms with Crippen LogP contribution in [0.25, 0.3) is 0 Å². The van der Waals surface area contributed by atoms with Gasteiger partial charge in [-0.3, -0.25) is 4.79 Å². The molecule has 4 heteroatoms. The Labute approximate surface area is 72.3 Å². The summed E-state index contributed by atoms with van der Waals surface area (Å²) in [4.78, 5) is 10.2. The quantitative estimate of drug-likeness (QED) is 0.552. The normalized spacial score (nSPS) is 24.8. The lowest BCUT2D eigenvalue weighted by Crippen LogP contribution is -2.34. The van der Waals surface area contributed by atoms with Crippen LogP contribution in [0.4, 0.5) is 0 Å². The van der Waals surface area contributed by atoms with E-state index in [1.165, 1.54) is 0 Å². The van der Waals surface area contributed by atoms with Gasteiger partial charge in [0.2, 0.25) is 0 Å². The number of carboxylic acids is 1. The molecule has 0 radical (unpaired) electrons. The second kappa shape index (κ2) is 5.11. The summed E-state index contributed by atoms with van der Waals surface area (Å²) in [5.41, 5.74) is 0. The molecule has 12 heavy (non-hydrogen) atoms. The number of aliphatic carboxylic acids is 1. The van der Waals surface area contributed by atoms with E-state index in [0.717, 1.165) is 32.4 Å². The largest absolute Gasteiger partial charge is 0.480 e. The van der Waals surface area contributed by atoms with Crippen molar-refractivity contribution in [3.63, 3.8) is 0 Å². The second-order valence-corrected chi connectivity index (χ2v) is 3.15. The first kappa shape index (κ1) is 9.48. The third-order valence-electron chi connectivity index (χ3n) is 2.12. The first-order valence-electron chi connectivity index (χ1n) is 4.45. The van der Waals surface area contributed by atoms with E-state index in [-0.39, 0.29) is 6.54 Å². The van der Waals surface area contributed by atoms with Gasteiger partial charge < -0.3 is 15.7 Å². The molecule has 0 amide bonds. The van der Waals surface area contributed by atoms with Crippen LogP contribution in [0.15, 0.2) is 0 Å². The van der Waals surface area contributed by atoms with Gasteiger partial charge in [-0.25, -0.2) is 0 Å². The summed E-state index contributed by atoms with van der Waals surface area (Å²) in [6.07, 6.45) is 3.25. The molecular weight excluding hydrogens is 156 g/mol. The van der Waals surface area contributed by atoms with Crippen molar-refractivity contribution in [3.8, 4) is 0 Å². The molecule has 0 saturated carbocycles. The highest BCUT2D eigenvalue weighted by Crippen LogP contribution is 2.03. The highest BCUT2D eigenvalue weighted by molar-refractivity contribution is 5.69. The minimum atomic E-state index is -0.771. The molecule has 1 rings (SSSR count). The minimum Gasteiger partial charge on any atom is -0.480 e. The summed E-state index contributed by atoms with van der Waals surface area (Å²) in [7, 11) is 0. The van der Waals surface area contributed by atoms with Crippen molar-refractivity contribution in [2.45, 2.75) is 25.3 Å². The van der Waals surface area contributed by atoms with Crippen molar-refractivity contribution in [1.29, 1.82) is 0 Å². The summed E-state index contributed by atoms with van der Waals surface area (Å²) < 4.78 is 0. The molecule has 1 unspecified atom stereocenters. The van der Waals surface area contributed by atoms with Crippen LogP contribution in [-0.2, 0) is 4.79 Å². The average molecular weight is 172 g/mol. The predicted molar refractivity (Wildman–Crippen MR) is 46.1 cm³/mol. The molecule has 3 N–H and O–H groups in total. The SMILES string of the molecule is O=C(O)CNC1CCCNCC1. The zero-order valence-electron chi connectivity index (χ0n) is 7.18. The van der Waals surface area contributed by atoms with Gasteiger partial charge in [-0.05, 0) is 32.4 Å². The van der Waals surface area contributed by atoms with Gasteiger partial charge in [0.15, 0.2) is 0 Å². The first-order chi connectivity index (χ1) is 5.79. The molecule has 1 aliphatic rings. The number of nitrogens with one attached hydrogen (secondary N) is 2. The summed E-state index contributed by atoms with van der Waals surface area (Å²) in [5, 5.41) is 14.7. The topological polar surface area (TPSA) is 61.4 Å². The smallest absolute Gasteiger partial charge is 0.317 e. The second-order valence-electron chi connectivity index (χ2n) is 3.15. The van der Waals surface area contributed by atoms with Crippen molar-refractivity contribution < 1.29 is 9.90 Å². The van der Waals surface area contributed by atoms with Crippen molar-refractivity contribution in [3.05, 3.63) is 0 Å². The lowest BCUT2D eigenvalue weighted by atomic mass is 10.1. The van der Waals surface area contributed by atoms with E-state index in [0.29, 0.717) is 6.04 Å². The summed E-state index contributed by atoms with van der Waals surface area (Å²) in [5.74, 6) is -0.771. The molecule has 0 spiro atoms. The standard InChI is InChI=1S/C8H16N2O2/c11-8(12)6-10-7-2-1-4-9-5-3-7/h7,9-10H,1-6H2,(H,11,12). The fraction of sp³-hybridized carbons (Fsp3) is 0.875. The maximum absolute atomic E-state index is 10.2. The number of carbonyl (C=O) groups is 1. The Kier molecular flexibility index (Phi) is 4.04. The van der Waals surface area contributed by atoms with Crippen LogP contribution in [-0.4, -0.2) is 36.8 Å². The molecule has 4 nitrogen and oxygen atoms in total. The predicted octanol–water partition coefficient (Wildman–Crippen LogP) is -0.197. The maximum Gasteiger partial charge on any atom is 0.317 e. The molecule has 1 saturated heterocycles. The molecule has 1 fully saturated rings. The van der Waals surface area contributed by atoms with Gasteiger partial charge in [-0.1, -0.05) is 0 Å². The van der Waals surface area contributed by atoms with E-state index >= 15 is 0 Å². The Morgan fingerprint density at radius 3 is 3.08 bits per heavy atom. The van der Waals surface area contributed by atoms with Gasteiger partial charge in [0.25, 0.3) is 0 Å². The van der Waals surface area contributed by atoms with Gasteiger partial charge in [0, 0.05) is 6.04 Å². The fourth-order valence-corrected chi connectivity index (χ4v) is 1.45. The average Bonchev–Trinajstić information content (AvgIpc) is 2.28. The highest BCUT2D eigenvalue weighted by atomic mass is 16.4. The molecular formula is C8H16N2O2. The van der Waals surface area contributed by atoms with E-state index in [9.17, 15) is 4.79 Å². The lowest BCUT2D eigenvalue weighted by Gasteiger charge is -2.13. The molecule has 0 aliphatic carbocycles. The molecule has 1 heterocycles. The highest BCUT2D eigenvalue weighted by Gasteiger charge is 2.11. The van der Waals surface area contributed by atoms with Crippen LogP contribution >= 0.6 is 0 Å². The van der Waals surface area contributed by atoms with Crippen LogP contribution in [0.3, 0.4) is 0 Å². The molecule has 70 valence electrons. The van der Waals surface area contributed by atoms with Crippen molar-refractivity contribution in [2.75, 3.05) is 19.6 Å². The van der Waals surface area contributed by atoms with Crippen molar-refractivity contribution in [2.24, 2.45) is 0 Å². The zero-order valence-corrected chi connectivity index (χ0v) is 7.18. The molecule has 0 aromatic carbocycles. The first-order valence-corrected chi connectivity index (χ1v) is 4.45. The Hall–Kier alpha value is -0.610. The van der Waals surface area contributed by atoms with E-state index < -0.39 is 5.97 Å². The van der Waals surface area contributed by atoms with Gasteiger partial charge in [0.1, 0.15) is 0 Å². The summed E-state index contributed by atoms with van der Waals surface area (Å²) in [6.45, 7) is 2.15. The maximum atomic E-state index is 10.2. The fourth-order valence-electron chi connectivity index (χ4n) is 1.45. The van der Waals surface area contributed by atoms with Gasteiger partial charge in [-0.2, -0.15) is 0 Å². The van der Waals surface area contributed by atoms with E-state index in [2.05, 4.69) is 10.6 Å². The summed E-state index contributed by atoms with van der Waals surface area (Å²) in [6, 6.07) is 0.385. The lowest BCUT2D eigenvalue weighted by molar-refractivity contribution is -0.136. The molecule has 0 bridgehead atoms. The van der Waals surface area contributed by atoms with Crippen LogP contribution in [0.5, 0.6) is 0 Å². The van der Waals surface area contributed by atoms with Crippen LogP contribution in [0, 0.1) is 0 Å². The number of carboxylic acid groups (broad SMARTS) is 1. The van der Waals surface area contributed by atoms with E-state index in [1.54, 1.807) is 0 Å². The number of hydrogen-bond acceptors (Lipinski definition) is 3. The molecule has 0 aromatic rings.